The monoisotopic (exact) mass is 381 g/mol. The maximum absolute atomic E-state index is 12.8. The summed E-state index contributed by atoms with van der Waals surface area (Å²) in [6, 6.07) is 8.33. The standard InChI is InChI=1S/C19H19N5O4/c1-22(2)8-9-23-14-6-7-15(24(26)27)18-16(14)17(21-19(23)25)12-10-11(28-3)4-5-13(12)20-18/h4-7,10,20H,8-9H2,1-3H3. The molecule has 0 atom stereocenters. The van der Waals surface area contributed by atoms with Gasteiger partial charge < -0.3 is 15.0 Å². The Bertz CT molecular complexity index is 1170. The van der Waals surface area contributed by atoms with Crippen molar-refractivity contribution in [2.45, 2.75) is 6.54 Å². The minimum Gasteiger partial charge on any atom is -0.497 e. The molecule has 0 unspecified atom stereocenters. The van der Waals surface area contributed by atoms with Crippen LogP contribution in [-0.4, -0.2) is 47.1 Å². The van der Waals surface area contributed by atoms with Crippen LogP contribution in [0.15, 0.2) is 35.1 Å². The van der Waals surface area contributed by atoms with Crippen LogP contribution in [0, 0.1) is 10.1 Å². The SMILES string of the molecule is COc1ccc2c(c1)-c1nc(=O)n(CCN(C)C)c3ccc([N+](=O)[O-])c(c13)N2. The van der Waals surface area contributed by atoms with Crippen LogP contribution in [0.2, 0.25) is 0 Å². The van der Waals surface area contributed by atoms with Gasteiger partial charge in [0.25, 0.3) is 5.69 Å². The summed E-state index contributed by atoms with van der Waals surface area (Å²) in [5.41, 5.74) is 2.25. The van der Waals surface area contributed by atoms with Gasteiger partial charge in [-0.25, -0.2) is 4.79 Å². The minimum atomic E-state index is -0.435. The number of anilines is 2. The lowest BCUT2D eigenvalue weighted by molar-refractivity contribution is -0.383. The molecule has 3 aromatic rings. The van der Waals surface area contributed by atoms with E-state index in [1.165, 1.54) is 6.07 Å². The van der Waals surface area contributed by atoms with Gasteiger partial charge in [0.2, 0.25) is 0 Å². The Hall–Kier alpha value is -3.46. The lowest BCUT2D eigenvalue weighted by Gasteiger charge is -2.23. The highest BCUT2D eigenvalue weighted by Crippen LogP contribution is 2.46. The quantitative estimate of drug-likeness (QED) is 0.419. The van der Waals surface area contributed by atoms with E-state index in [4.69, 9.17) is 4.74 Å². The molecule has 1 N–H and O–H groups in total. The highest BCUT2D eigenvalue weighted by Gasteiger charge is 2.28. The predicted octanol–water partition coefficient (Wildman–Crippen LogP) is 2.60. The summed E-state index contributed by atoms with van der Waals surface area (Å²) < 4.78 is 6.85. The van der Waals surface area contributed by atoms with Crippen molar-refractivity contribution in [3.63, 3.8) is 0 Å². The zero-order chi connectivity index (χ0) is 20.0. The van der Waals surface area contributed by atoms with Crippen molar-refractivity contribution < 1.29 is 9.66 Å². The Morgan fingerprint density at radius 2 is 2.07 bits per heavy atom. The van der Waals surface area contributed by atoms with Crippen LogP contribution >= 0.6 is 0 Å². The molecule has 0 bridgehead atoms. The highest BCUT2D eigenvalue weighted by atomic mass is 16.6. The molecule has 1 aliphatic heterocycles. The van der Waals surface area contributed by atoms with Gasteiger partial charge in [-0.05, 0) is 38.4 Å². The fraction of sp³-hybridized carbons (Fsp3) is 0.263. The number of likely N-dealkylation sites (N-methyl/N-ethyl adjacent to an activating group) is 1. The summed E-state index contributed by atoms with van der Waals surface area (Å²) in [5, 5.41) is 15.3. The number of methoxy groups -OCH3 is 1. The fourth-order valence-electron chi connectivity index (χ4n) is 3.44. The van der Waals surface area contributed by atoms with E-state index in [9.17, 15) is 14.9 Å². The molecule has 0 saturated carbocycles. The third kappa shape index (κ3) is 2.76. The van der Waals surface area contributed by atoms with Gasteiger partial charge in [-0.1, -0.05) is 0 Å². The van der Waals surface area contributed by atoms with Crippen molar-refractivity contribution >= 4 is 28.0 Å². The summed E-state index contributed by atoms with van der Waals surface area (Å²) in [4.78, 5) is 30.2. The zero-order valence-corrected chi connectivity index (χ0v) is 15.7. The number of nitrogens with one attached hydrogen (secondary N) is 1. The number of rotatable bonds is 5. The first kappa shape index (κ1) is 17.9. The van der Waals surface area contributed by atoms with E-state index in [1.807, 2.05) is 19.0 Å². The largest absolute Gasteiger partial charge is 0.497 e. The van der Waals surface area contributed by atoms with Gasteiger partial charge in [0.1, 0.15) is 11.4 Å². The Morgan fingerprint density at radius 1 is 1.29 bits per heavy atom. The third-order valence-corrected chi connectivity index (χ3v) is 4.84. The van der Waals surface area contributed by atoms with E-state index in [0.717, 1.165) is 0 Å². The molecule has 0 fully saturated rings. The summed E-state index contributed by atoms with van der Waals surface area (Å²) in [6.45, 7) is 1.07. The minimum absolute atomic E-state index is 0.0603. The lowest BCUT2D eigenvalue weighted by Crippen LogP contribution is -2.29. The van der Waals surface area contributed by atoms with Crippen LogP contribution in [0.3, 0.4) is 0 Å². The van der Waals surface area contributed by atoms with Crippen LogP contribution in [-0.2, 0) is 6.54 Å². The Kier molecular flexibility index (Phi) is 4.23. The lowest BCUT2D eigenvalue weighted by atomic mass is 9.97. The second-order valence-corrected chi connectivity index (χ2v) is 6.85. The molecule has 144 valence electrons. The molecule has 2 aromatic carbocycles. The number of aromatic nitrogens is 2. The van der Waals surface area contributed by atoms with Gasteiger partial charge in [0, 0.05) is 30.4 Å². The summed E-state index contributed by atoms with van der Waals surface area (Å²) in [7, 11) is 5.38. The topological polar surface area (TPSA) is 103 Å². The van der Waals surface area contributed by atoms with E-state index >= 15 is 0 Å². The molecule has 9 heteroatoms. The summed E-state index contributed by atoms with van der Waals surface area (Å²) in [5.74, 6) is 0.612. The van der Waals surface area contributed by atoms with E-state index in [0.29, 0.717) is 52.4 Å². The van der Waals surface area contributed by atoms with Crippen LogP contribution in [0.1, 0.15) is 0 Å². The van der Waals surface area contributed by atoms with Crippen molar-refractivity contribution in [1.29, 1.82) is 0 Å². The van der Waals surface area contributed by atoms with Crippen LogP contribution in [0.25, 0.3) is 22.2 Å². The molecular weight excluding hydrogens is 362 g/mol. The molecule has 4 rings (SSSR count). The van der Waals surface area contributed by atoms with E-state index in [-0.39, 0.29) is 11.4 Å². The molecule has 0 aliphatic carbocycles. The zero-order valence-electron chi connectivity index (χ0n) is 15.7. The van der Waals surface area contributed by atoms with Crippen molar-refractivity contribution in [1.82, 2.24) is 14.5 Å². The van der Waals surface area contributed by atoms with Crippen LogP contribution < -0.4 is 15.7 Å². The summed E-state index contributed by atoms with van der Waals surface area (Å²) >= 11 is 0. The number of hydrogen-bond donors (Lipinski definition) is 1. The molecule has 0 amide bonds. The maximum Gasteiger partial charge on any atom is 0.348 e. The molecule has 0 radical (unpaired) electrons. The molecule has 1 aliphatic rings. The first-order valence-corrected chi connectivity index (χ1v) is 8.73. The average molecular weight is 381 g/mol. The van der Waals surface area contributed by atoms with Crippen LogP contribution in [0.4, 0.5) is 17.1 Å². The van der Waals surface area contributed by atoms with Crippen LogP contribution in [0.5, 0.6) is 5.75 Å². The van der Waals surface area contributed by atoms with Crippen molar-refractivity contribution in [3.8, 4) is 17.0 Å². The van der Waals surface area contributed by atoms with Gasteiger partial charge in [0.15, 0.2) is 0 Å². The van der Waals surface area contributed by atoms with Gasteiger partial charge in [-0.2, -0.15) is 4.98 Å². The van der Waals surface area contributed by atoms with Gasteiger partial charge >= 0.3 is 5.69 Å². The molecule has 28 heavy (non-hydrogen) atoms. The fourth-order valence-corrected chi connectivity index (χ4v) is 3.44. The van der Waals surface area contributed by atoms with Gasteiger partial charge in [0.05, 0.1) is 28.6 Å². The highest BCUT2D eigenvalue weighted by molar-refractivity contribution is 6.11. The number of nitrogens with zero attached hydrogens (tertiary/aromatic N) is 4. The maximum atomic E-state index is 12.8. The average Bonchev–Trinajstić information content (AvgIpc) is 2.66. The molecule has 1 aromatic heterocycles. The molecule has 9 nitrogen and oxygen atoms in total. The summed E-state index contributed by atoms with van der Waals surface area (Å²) in [6.07, 6.45) is 0. The van der Waals surface area contributed by atoms with Gasteiger partial charge in [-0.3, -0.25) is 14.7 Å². The van der Waals surface area contributed by atoms with Crippen molar-refractivity contribution in [2.24, 2.45) is 0 Å². The molecular formula is C19H19N5O4. The Labute approximate surface area is 160 Å². The molecule has 2 heterocycles. The number of ether oxygens (including phenoxy) is 1. The number of nitro groups is 1. The molecule has 0 saturated heterocycles. The van der Waals surface area contributed by atoms with Gasteiger partial charge in [-0.15, -0.1) is 0 Å². The van der Waals surface area contributed by atoms with E-state index in [2.05, 4.69) is 10.3 Å². The first-order chi connectivity index (χ1) is 13.4. The Morgan fingerprint density at radius 3 is 2.75 bits per heavy atom. The Balaban J connectivity index is 2.07. The smallest absolute Gasteiger partial charge is 0.348 e. The van der Waals surface area contributed by atoms with Crippen molar-refractivity contribution in [3.05, 3.63) is 50.9 Å². The predicted molar refractivity (Wildman–Crippen MR) is 106 cm³/mol. The number of nitro benzene ring substituents is 1. The normalized spacial score (nSPS) is 12.0. The first-order valence-electron chi connectivity index (χ1n) is 8.73. The second-order valence-electron chi connectivity index (χ2n) is 6.85. The number of hydrogen-bond acceptors (Lipinski definition) is 7. The van der Waals surface area contributed by atoms with Crippen molar-refractivity contribution in [2.75, 3.05) is 33.1 Å². The van der Waals surface area contributed by atoms with E-state index in [1.54, 1.807) is 35.9 Å². The third-order valence-electron chi connectivity index (χ3n) is 4.84. The van der Waals surface area contributed by atoms with E-state index < -0.39 is 4.92 Å². The second kappa shape index (κ2) is 6.61. The molecule has 0 spiro atoms. The number of benzene rings is 2. The number of fused-ring (bicyclic) bond motifs is 2.